The molecule has 0 aliphatic carbocycles. The van der Waals surface area contributed by atoms with Gasteiger partial charge in [0, 0.05) is 18.1 Å². The second kappa shape index (κ2) is 5.88. The van der Waals surface area contributed by atoms with Crippen LogP contribution < -0.4 is 5.56 Å². The Morgan fingerprint density at radius 1 is 1.33 bits per heavy atom. The van der Waals surface area contributed by atoms with Gasteiger partial charge in [0.25, 0.3) is 5.56 Å². The Morgan fingerprint density at radius 2 is 2.14 bits per heavy atom. The number of benzene rings is 1. The molecule has 8 heteroatoms. The zero-order chi connectivity index (χ0) is 14.8. The number of halogens is 1. The number of nitrogens with zero attached hydrogens (tertiary/aromatic N) is 4. The van der Waals surface area contributed by atoms with E-state index < -0.39 is 0 Å². The van der Waals surface area contributed by atoms with E-state index in [9.17, 15) is 4.79 Å². The minimum absolute atomic E-state index is 0.127. The van der Waals surface area contributed by atoms with Crippen LogP contribution in [0.1, 0.15) is 11.5 Å². The summed E-state index contributed by atoms with van der Waals surface area (Å²) in [5, 5.41) is 4.56. The van der Waals surface area contributed by atoms with Gasteiger partial charge in [-0.15, -0.1) is 5.10 Å². The number of nitrogens with one attached hydrogen (secondary N) is 1. The molecule has 0 saturated carbocycles. The van der Waals surface area contributed by atoms with Crippen molar-refractivity contribution >= 4 is 34.0 Å². The van der Waals surface area contributed by atoms with Gasteiger partial charge in [0.15, 0.2) is 0 Å². The second-order valence-corrected chi connectivity index (χ2v) is 6.05. The van der Waals surface area contributed by atoms with Crippen LogP contribution >= 0.6 is 23.1 Å². The van der Waals surface area contributed by atoms with Crippen molar-refractivity contribution in [3.8, 4) is 0 Å². The van der Waals surface area contributed by atoms with E-state index in [1.165, 1.54) is 0 Å². The maximum absolute atomic E-state index is 12.0. The van der Waals surface area contributed by atoms with Gasteiger partial charge in [0.2, 0.25) is 0 Å². The van der Waals surface area contributed by atoms with Gasteiger partial charge >= 0.3 is 0 Å². The van der Waals surface area contributed by atoms with Gasteiger partial charge in [0.1, 0.15) is 15.9 Å². The molecule has 2 aromatic heterocycles. The monoisotopic (exact) mass is 321 g/mol. The fourth-order valence-corrected chi connectivity index (χ4v) is 2.68. The fraction of sp³-hybridized carbons (Fsp3) is 0.231. The smallest absolute Gasteiger partial charge is 0.258 e. The largest absolute Gasteiger partial charge is 0.309 e. The normalized spacial score (nSPS) is 11.4. The van der Waals surface area contributed by atoms with E-state index in [2.05, 4.69) is 19.6 Å². The van der Waals surface area contributed by atoms with E-state index in [-0.39, 0.29) is 5.56 Å². The second-order valence-electron chi connectivity index (χ2n) is 4.70. The lowest BCUT2D eigenvalue weighted by atomic mass is 10.2. The van der Waals surface area contributed by atoms with Crippen LogP contribution in [-0.4, -0.2) is 31.5 Å². The molecule has 3 rings (SSSR count). The first kappa shape index (κ1) is 14.1. The number of aromatic amines is 1. The van der Waals surface area contributed by atoms with Crippen LogP contribution in [0.25, 0.3) is 10.9 Å². The summed E-state index contributed by atoms with van der Waals surface area (Å²) in [6.45, 7) is 1.04. The number of H-pyrrole nitrogens is 1. The lowest BCUT2D eigenvalue weighted by molar-refractivity contribution is 0.307. The van der Waals surface area contributed by atoms with E-state index >= 15 is 0 Å². The molecule has 0 aliphatic rings. The summed E-state index contributed by atoms with van der Waals surface area (Å²) < 4.78 is 4.38. The lowest BCUT2D eigenvalue weighted by Crippen LogP contribution is -2.22. The van der Waals surface area contributed by atoms with Crippen molar-refractivity contribution in [2.45, 2.75) is 13.1 Å². The van der Waals surface area contributed by atoms with Gasteiger partial charge in [-0.05, 0) is 19.2 Å². The molecule has 0 aliphatic heterocycles. The third-order valence-electron chi connectivity index (χ3n) is 3.01. The quantitative estimate of drug-likeness (QED) is 0.796. The third kappa shape index (κ3) is 3.10. The summed E-state index contributed by atoms with van der Waals surface area (Å²) in [4.78, 5) is 21.2. The molecule has 2 heterocycles. The average Bonchev–Trinajstić information content (AvgIpc) is 2.84. The maximum Gasteiger partial charge on any atom is 0.258 e. The number of rotatable bonds is 4. The van der Waals surface area contributed by atoms with Crippen LogP contribution in [0.5, 0.6) is 0 Å². The Labute approximate surface area is 129 Å². The van der Waals surface area contributed by atoms with Crippen molar-refractivity contribution in [3.63, 3.8) is 0 Å². The maximum atomic E-state index is 12.0. The third-order valence-corrected chi connectivity index (χ3v) is 4.00. The minimum atomic E-state index is -0.127. The van der Waals surface area contributed by atoms with Gasteiger partial charge in [0.05, 0.1) is 17.4 Å². The summed E-state index contributed by atoms with van der Waals surface area (Å²) in [6.07, 6.45) is 0. The summed E-state index contributed by atoms with van der Waals surface area (Å²) in [7, 11) is 1.91. The topological polar surface area (TPSA) is 74.8 Å². The van der Waals surface area contributed by atoms with Crippen molar-refractivity contribution in [1.82, 2.24) is 24.5 Å². The number of para-hydroxylation sites is 1. The molecule has 3 aromatic rings. The molecular formula is C13H12ClN5OS. The number of hydrogen-bond donors (Lipinski definition) is 1. The van der Waals surface area contributed by atoms with E-state index in [0.29, 0.717) is 34.2 Å². The number of aromatic nitrogens is 4. The first-order valence-electron chi connectivity index (χ1n) is 6.26. The van der Waals surface area contributed by atoms with Crippen LogP contribution in [0.15, 0.2) is 29.1 Å². The molecule has 1 N–H and O–H groups in total. The number of hydrogen-bond acceptors (Lipinski definition) is 6. The summed E-state index contributed by atoms with van der Waals surface area (Å²) >= 11 is 7.14. The average molecular weight is 322 g/mol. The van der Waals surface area contributed by atoms with E-state index in [1.807, 2.05) is 30.1 Å². The molecule has 1 aromatic carbocycles. The van der Waals surface area contributed by atoms with Gasteiger partial charge in [-0.1, -0.05) is 28.2 Å². The van der Waals surface area contributed by atoms with E-state index in [1.54, 1.807) is 6.07 Å². The van der Waals surface area contributed by atoms with E-state index in [4.69, 9.17) is 11.6 Å². The number of fused-ring (bicyclic) bond motifs is 1. The van der Waals surface area contributed by atoms with Crippen LogP contribution in [0.4, 0.5) is 0 Å². The first-order chi connectivity index (χ1) is 10.1. The van der Waals surface area contributed by atoms with Crippen molar-refractivity contribution < 1.29 is 0 Å². The highest BCUT2D eigenvalue weighted by molar-refractivity contribution is 7.10. The molecule has 0 atom stereocenters. The molecule has 0 spiro atoms. The molecule has 0 fully saturated rings. The highest BCUT2D eigenvalue weighted by Gasteiger charge is 2.11. The Morgan fingerprint density at radius 3 is 2.90 bits per heavy atom. The standard InChI is InChI=1S/C13H12ClN5OS/c1-19(6-10-12(14)21-18-17-10)7-11-15-9-5-3-2-4-8(9)13(20)16-11/h2-5H,6-7H2,1H3,(H,15,16,20). The summed E-state index contributed by atoms with van der Waals surface area (Å²) in [5.74, 6) is 0.612. The van der Waals surface area contributed by atoms with Gasteiger partial charge < -0.3 is 4.98 Å². The minimum Gasteiger partial charge on any atom is -0.309 e. The molecule has 0 amide bonds. The Kier molecular flexibility index (Phi) is 3.96. The van der Waals surface area contributed by atoms with Gasteiger partial charge in [-0.2, -0.15) is 0 Å². The van der Waals surface area contributed by atoms with Crippen LogP contribution in [0.3, 0.4) is 0 Å². The van der Waals surface area contributed by atoms with Crippen molar-refractivity contribution in [3.05, 3.63) is 50.5 Å². The molecule has 0 radical (unpaired) electrons. The summed E-state index contributed by atoms with van der Waals surface area (Å²) in [6, 6.07) is 7.27. The SMILES string of the molecule is CN(Cc1nc2ccccc2c(=O)[nH]1)Cc1nnsc1Cl. The predicted octanol–water partition coefficient (Wildman–Crippen LogP) is 2.06. The summed E-state index contributed by atoms with van der Waals surface area (Å²) in [5.41, 5.74) is 1.29. The predicted molar refractivity (Wildman–Crippen MR) is 82.5 cm³/mol. The molecule has 6 nitrogen and oxygen atoms in total. The Balaban J connectivity index is 1.81. The molecule has 0 saturated heterocycles. The molecule has 108 valence electrons. The van der Waals surface area contributed by atoms with E-state index in [0.717, 1.165) is 17.2 Å². The van der Waals surface area contributed by atoms with Crippen molar-refractivity contribution in [2.75, 3.05) is 7.05 Å². The lowest BCUT2D eigenvalue weighted by Gasteiger charge is -2.14. The zero-order valence-electron chi connectivity index (χ0n) is 11.2. The zero-order valence-corrected chi connectivity index (χ0v) is 12.8. The van der Waals surface area contributed by atoms with Gasteiger partial charge in [-0.3, -0.25) is 9.69 Å². The van der Waals surface area contributed by atoms with Crippen LogP contribution in [0.2, 0.25) is 4.34 Å². The highest BCUT2D eigenvalue weighted by Crippen LogP contribution is 2.18. The highest BCUT2D eigenvalue weighted by atomic mass is 35.5. The van der Waals surface area contributed by atoms with Crippen molar-refractivity contribution in [2.24, 2.45) is 0 Å². The molecule has 0 unspecified atom stereocenters. The Hall–Kier alpha value is -1.83. The molecule has 21 heavy (non-hydrogen) atoms. The molecule has 0 bridgehead atoms. The van der Waals surface area contributed by atoms with Crippen LogP contribution in [0, 0.1) is 0 Å². The van der Waals surface area contributed by atoms with Gasteiger partial charge in [-0.25, -0.2) is 4.98 Å². The fourth-order valence-electron chi connectivity index (χ4n) is 2.07. The van der Waals surface area contributed by atoms with Crippen molar-refractivity contribution in [1.29, 1.82) is 0 Å². The first-order valence-corrected chi connectivity index (χ1v) is 7.42. The molecular weight excluding hydrogens is 310 g/mol. The van der Waals surface area contributed by atoms with Crippen LogP contribution in [-0.2, 0) is 13.1 Å². The Bertz CT molecular complexity index is 831.